The molecule has 0 atom stereocenters. The van der Waals surface area contributed by atoms with Gasteiger partial charge in [0.25, 0.3) is 5.22 Å². The molecule has 1 aromatic heterocycles. The molecular formula is C17H23N3O2S. The summed E-state index contributed by atoms with van der Waals surface area (Å²) in [6.07, 6.45) is 2.54. The van der Waals surface area contributed by atoms with Crippen LogP contribution in [-0.2, 0) is 6.54 Å². The standard InChI is InChI=1S/C17H23N3O2S/c1-13-9-14(2)11-15(10-13)21-7-8-23-17-19-18-16(22-17)12-20-5-3-4-6-20/h9-11H,3-8,12H2,1-2H3. The van der Waals surface area contributed by atoms with Gasteiger partial charge in [-0.1, -0.05) is 17.8 Å². The lowest BCUT2D eigenvalue weighted by Gasteiger charge is -2.10. The van der Waals surface area contributed by atoms with Crippen molar-refractivity contribution in [2.24, 2.45) is 0 Å². The Morgan fingerprint density at radius 3 is 2.61 bits per heavy atom. The van der Waals surface area contributed by atoms with Crippen molar-refractivity contribution in [1.82, 2.24) is 15.1 Å². The minimum atomic E-state index is 0.622. The molecule has 1 saturated heterocycles. The van der Waals surface area contributed by atoms with Gasteiger partial charge in [-0.15, -0.1) is 10.2 Å². The maximum atomic E-state index is 5.78. The Kier molecular flexibility index (Phi) is 5.56. The monoisotopic (exact) mass is 333 g/mol. The van der Waals surface area contributed by atoms with E-state index in [9.17, 15) is 0 Å². The van der Waals surface area contributed by atoms with Gasteiger partial charge in [-0.05, 0) is 63.0 Å². The van der Waals surface area contributed by atoms with Crippen molar-refractivity contribution in [3.63, 3.8) is 0 Å². The van der Waals surface area contributed by atoms with E-state index in [1.165, 1.54) is 24.0 Å². The predicted octanol–water partition coefficient (Wildman–Crippen LogP) is 3.45. The van der Waals surface area contributed by atoms with Crippen LogP contribution >= 0.6 is 11.8 Å². The van der Waals surface area contributed by atoms with E-state index in [1.54, 1.807) is 11.8 Å². The number of hydrogen-bond acceptors (Lipinski definition) is 6. The summed E-state index contributed by atoms with van der Waals surface area (Å²) in [4.78, 5) is 2.35. The van der Waals surface area contributed by atoms with Gasteiger partial charge in [-0.25, -0.2) is 0 Å². The SMILES string of the molecule is Cc1cc(C)cc(OCCSc2nnc(CN3CCCC3)o2)c1. The fraction of sp³-hybridized carbons (Fsp3) is 0.529. The van der Waals surface area contributed by atoms with E-state index in [1.807, 2.05) is 0 Å². The Balaban J connectivity index is 1.41. The number of nitrogens with zero attached hydrogens (tertiary/aromatic N) is 3. The molecule has 1 aliphatic rings. The molecule has 5 nitrogen and oxygen atoms in total. The van der Waals surface area contributed by atoms with Crippen molar-refractivity contribution < 1.29 is 9.15 Å². The van der Waals surface area contributed by atoms with Crippen LogP contribution in [0.5, 0.6) is 5.75 Å². The summed E-state index contributed by atoms with van der Waals surface area (Å²) in [5, 5.41) is 8.84. The first kappa shape index (κ1) is 16.3. The van der Waals surface area contributed by atoms with Gasteiger partial charge in [-0.2, -0.15) is 0 Å². The number of likely N-dealkylation sites (tertiary alicyclic amines) is 1. The average Bonchev–Trinajstić information content (AvgIpc) is 3.15. The molecule has 23 heavy (non-hydrogen) atoms. The first-order valence-electron chi connectivity index (χ1n) is 8.08. The molecule has 2 heterocycles. The van der Waals surface area contributed by atoms with Crippen LogP contribution in [0.15, 0.2) is 27.8 Å². The van der Waals surface area contributed by atoms with Crippen LogP contribution in [0.4, 0.5) is 0 Å². The minimum absolute atomic E-state index is 0.622. The largest absolute Gasteiger partial charge is 0.493 e. The van der Waals surface area contributed by atoms with E-state index in [-0.39, 0.29) is 0 Å². The fourth-order valence-corrected chi connectivity index (χ4v) is 3.39. The summed E-state index contributed by atoms with van der Waals surface area (Å²) in [7, 11) is 0. The number of thioether (sulfide) groups is 1. The molecule has 0 aliphatic carbocycles. The second kappa shape index (κ2) is 7.84. The minimum Gasteiger partial charge on any atom is -0.493 e. The van der Waals surface area contributed by atoms with Crippen molar-refractivity contribution in [2.45, 2.75) is 38.5 Å². The summed E-state index contributed by atoms with van der Waals surface area (Å²) in [5.41, 5.74) is 2.44. The van der Waals surface area contributed by atoms with E-state index in [2.05, 4.69) is 47.1 Å². The molecular weight excluding hydrogens is 310 g/mol. The van der Waals surface area contributed by atoms with Gasteiger partial charge in [-0.3, -0.25) is 4.90 Å². The van der Waals surface area contributed by atoms with Gasteiger partial charge in [0.05, 0.1) is 13.2 Å². The summed E-state index contributed by atoms with van der Waals surface area (Å²) in [5.74, 6) is 2.42. The summed E-state index contributed by atoms with van der Waals surface area (Å²) in [6, 6.07) is 6.25. The molecule has 124 valence electrons. The highest BCUT2D eigenvalue weighted by Crippen LogP contribution is 2.20. The zero-order chi connectivity index (χ0) is 16.1. The normalized spacial score (nSPS) is 15.2. The maximum Gasteiger partial charge on any atom is 0.276 e. The number of rotatable bonds is 7. The molecule has 0 radical (unpaired) electrons. The number of aromatic nitrogens is 2. The topological polar surface area (TPSA) is 51.4 Å². The highest BCUT2D eigenvalue weighted by Gasteiger charge is 2.15. The zero-order valence-electron chi connectivity index (χ0n) is 13.7. The maximum absolute atomic E-state index is 5.78. The molecule has 0 unspecified atom stereocenters. The third kappa shape index (κ3) is 4.97. The van der Waals surface area contributed by atoms with Gasteiger partial charge in [0, 0.05) is 5.75 Å². The second-order valence-electron chi connectivity index (χ2n) is 5.97. The average molecular weight is 333 g/mol. The van der Waals surface area contributed by atoms with Crippen molar-refractivity contribution in [2.75, 3.05) is 25.4 Å². The van der Waals surface area contributed by atoms with Gasteiger partial charge < -0.3 is 9.15 Å². The smallest absolute Gasteiger partial charge is 0.276 e. The van der Waals surface area contributed by atoms with Crippen LogP contribution in [-0.4, -0.2) is 40.5 Å². The highest BCUT2D eigenvalue weighted by molar-refractivity contribution is 7.99. The molecule has 1 aliphatic heterocycles. The van der Waals surface area contributed by atoms with Crippen LogP contribution < -0.4 is 4.74 Å². The summed E-state index contributed by atoms with van der Waals surface area (Å²) in [6.45, 7) is 7.82. The van der Waals surface area contributed by atoms with Crippen molar-refractivity contribution in [3.05, 3.63) is 35.2 Å². The number of aryl methyl sites for hydroxylation is 2. The third-order valence-corrected chi connectivity index (χ3v) is 4.56. The quantitative estimate of drug-likeness (QED) is 0.571. The summed E-state index contributed by atoms with van der Waals surface area (Å²) < 4.78 is 11.5. The van der Waals surface area contributed by atoms with Crippen molar-refractivity contribution in [3.8, 4) is 5.75 Å². The molecule has 1 aromatic carbocycles. The van der Waals surface area contributed by atoms with Crippen molar-refractivity contribution >= 4 is 11.8 Å². The Bertz CT molecular complexity index is 618. The molecule has 1 fully saturated rings. The van der Waals surface area contributed by atoms with E-state index < -0.39 is 0 Å². The van der Waals surface area contributed by atoms with Crippen LogP contribution in [0.3, 0.4) is 0 Å². The molecule has 3 rings (SSSR count). The van der Waals surface area contributed by atoms with Gasteiger partial charge in [0.1, 0.15) is 5.75 Å². The van der Waals surface area contributed by atoms with E-state index in [0.717, 1.165) is 31.1 Å². The summed E-state index contributed by atoms with van der Waals surface area (Å²) >= 11 is 1.54. The molecule has 0 bridgehead atoms. The molecule has 0 spiro atoms. The van der Waals surface area contributed by atoms with E-state index in [0.29, 0.717) is 17.7 Å². The van der Waals surface area contributed by atoms with Gasteiger partial charge in [0.15, 0.2) is 0 Å². The lowest BCUT2D eigenvalue weighted by molar-refractivity contribution is 0.278. The van der Waals surface area contributed by atoms with Crippen LogP contribution in [0.2, 0.25) is 0 Å². The third-order valence-electron chi connectivity index (χ3n) is 3.78. The van der Waals surface area contributed by atoms with E-state index >= 15 is 0 Å². The fourth-order valence-electron chi connectivity index (χ4n) is 2.80. The first-order chi connectivity index (χ1) is 11.2. The van der Waals surface area contributed by atoms with Crippen LogP contribution in [0.1, 0.15) is 29.9 Å². The Hall–Kier alpha value is -1.53. The lowest BCUT2D eigenvalue weighted by Crippen LogP contribution is -2.18. The number of hydrogen-bond donors (Lipinski definition) is 0. The van der Waals surface area contributed by atoms with Crippen LogP contribution in [0.25, 0.3) is 0 Å². The van der Waals surface area contributed by atoms with Crippen LogP contribution in [0, 0.1) is 13.8 Å². The van der Waals surface area contributed by atoms with Gasteiger partial charge in [0.2, 0.25) is 5.89 Å². The lowest BCUT2D eigenvalue weighted by atomic mass is 10.1. The molecule has 0 saturated carbocycles. The number of benzene rings is 1. The highest BCUT2D eigenvalue weighted by atomic mass is 32.2. The second-order valence-corrected chi connectivity index (χ2v) is 7.01. The Morgan fingerprint density at radius 1 is 1.13 bits per heavy atom. The Labute approximate surface area is 141 Å². The molecule has 0 amide bonds. The van der Waals surface area contributed by atoms with Gasteiger partial charge >= 0.3 is 0 Å². The molecule has 6 heteroatoms. The number of ether oxygens (including phenoxy) is 1. The molecule has 2 aromatic rings. The first-order valence-corrected chi connectivity index (χ1v) is 9.06. The predicted molar refractivity (Wildman–Crippen MR) is 90.9 cm³/mol. The Morgan fingerprint density at radius 2 is 1.87 bits per heavy atom. The van der Waals surface area contributed by atoms with E-state index in [4.69, 9.17) is 9.15 Å². The van der Waals surface area contributed by atoms with Crippen molar-refractivity contribution in [1.29, 1.82) is 0 Å². The molecule has 0 N–H and O–H groups in total. The zero-order valence-corrected chi connectivity index (χ0v) is 14.6.